The number of amides is 1. The van der Waals surface area contributed by atoms with Gasteiger partial charge in [0.15, 0.2) is 0 Å². The summed E-state index contributed by atoms with van der Waals surface area (Å²) >= 11 is 0. The molecule has 0 radical (unpaired) electrons. The summed E-state index contributed by atoms with van der Waals surface area (Å²) in [5.74, 6) is 0.289. The molecule has 19 heavy (non-hydrogen) atoms. The Hall–Kier alpha value is -0.320. The maximum atomic E-state index is 12.3. The standard InChI is InChI=1S/C14H26N2O2.ClH/c1-3-14(2)5-4-7-16(11-14)13(17)9-12-10-18-8-6-15-12;/h12,15H,3-11H2,1-2H3;1H. The van der Waals surface area contributed by atoms with Crippen LogP contribution in [0.5, 0.6) is 0 Å². The van der Waals surface area contributed by atoms with E-state index >= 15 is 0 Å². The smallest absolute Gasteiger partial charge is 0.224 e. The Bertz CT molecular complexity index is 295. The minimum atomic E-state index is 0. The van der Waals surface area contributed by atoms with Gasteiger partial charge in [-0.3, -0.25) is 4.79 Å². The molecule has 2 atom stereocenters. The van der Waals surface area contributed by atoms with Gasteiger partial charge in [-0.1, -0.05) is 13.8 Å². The lowest BCUT2D eigenvalue weighted by Gasteiger charge is -2.40. The van der Waals surface area contributed by atoms with E-state index in [1.54, 1.807) is 0 Å². The number of halogens is 1. The van der Waals surface area contributed by atoms with Crippen LogP contribution in [-0.4, -0.2) is 49.7 Å². The molecule has 2 saturated heterocycles. The summed E-state index contributed by atoms with van der Waals surface area (Å²) in [6, 6.07) is 0.209. The highest BCUT2D eigenvalue weighted by Gasteiger charge is 2.32. The monoisotopic (exact) mass is 290 g/mol. The molecule has 0 saturated carbocycles. The zero-order valence-corrected chi connectivity index (χ0v) is 12.9. The molecule has 2 fully saturated rings. The molecule has 112 valence electrons. The third kappa shape index (κ3) is 4.62. The molecule has 2 heterocycles. The van der Waals surface area contributed by atoms with Gasteiger partial charge in [0.2, 0.25) is 5.91 Å². The SMILES string of the molecule is CCC1(C)CCCN(C(=O)CC2COCCN2)C1.Cl. The number of carbonyl (C=O) groups excluding carboxylic acids is 1. The van der Waals surface area contributed by atoms with Crippen LogP contribution in [-0.2, 0) is 9.53 Å². The first-order chi connectivity index (χ1) is 8.63. The van der Waals surface area contributed by atoms with E-state index in [1.165, 1.54) is 6.42 Å². The van der Waals surface area contributed by atoms with Crippen LogP contribution in [0.25, 0.3) is 0 Å². The lowest BCUT2D eigenvalue weighted by atomic mass is 9.79. The lowest BCUT2D eigenvalue weighted by molar-refractivity contribution is -0.135. The summed E-state index contributed by atoms with van der Waals surface area (Å²) < 4.78 is 5.40. The maximum Gasteiger partial charge on any atom is 0.224 e. The minimum Gasteiger partial charge on any atom is -0.378 e. The molecule has 2 aliphatic rings. The van der Waals surface area contributed by atoms with Crippen molar-refractivity contribution in [3.8, 4) is 0 Å². The molecule has 4 nitrogen and oxygen atoms in total. The Balaban J connectivity index is 0.00000180. The van der Waals surface area contributed by atoms with Gasteiger partial charge >= 0.3 is 0 Å². The normalized spacial score (nSPS) is 31.7. The molecule has 0 aromatic rings. The van der Waals surface area contributed by atoms with Crippen LogP contribution in [0, 0.1) is 5.41 Å². The van der Waals surface area contributed by atoms with Crippen LogP contribution in [0.15, 0.2) is 0 Å². The largest absolute Gasteiger partial charge is 0.378 e. The van der Waals surface area contributed by atoms with E-state index in [2.05, 4.69) is 24.1 Å². The number of morpholine rings is 1. The van der Waals surface area contributed by atoms with Crippen molar-refractivity contribution in [2.75, 3.05) is 32.8 Å². The summed E-state index contributed by atoms with van der Waals surface area (Å²) in [5.41, 5.74) is 0.324. The van der Waals surface area contributed by atoms with Crippen molar-refractivity contribution < 1.29 is 9.53 Å². The molecule has 0 aromatic heterocycles. The average molecular weight is 291 g/mol. The zero-order chi connectivity index (χ0) is 13.0. The van der Waals surface area contributed by atoms with Crippen LogP contribution < -0.4 is 5.32 Å². The fraction of sp³-hybridized carbons (Fsp3) is 0.929. The van der Waals surface area contributed by atoms with Gasteiger partial charge in [-0.15, -0.1) is 12.4 Å². The second kappa shape index (κ2) is 7.46. The van der Waals surface area contributed by atoms with E-state index in [0.717, 1.165) is 39.1 Å². The summed E-state index contributed by atoms with van der Waals surface area (Å²) in [6.45, 7) is 8.69. The number of hydrogen-bond donors (Lipinski definition) is 1. The van der Waals surface area contributed by atoms with Crippen molar-refractivity contribution in [1.82, 2.24) is 10.2 Å². The first-order valence-electron chi connectivity index (χ1n) is 7.22. The predicted octanol–water partition coefficient (Wildman–Crippen LogP) is 1.83. The third-order valence-electron chi connectivity index (χ3n) is 4.41. The lowest BCUT2D eigenvalue weighted by Crippen LogP contribution is -2.49. The van der Waals surface area contributed by atoms with Gasteiger partial charge in [0.05, 0.1) is 13.2 Å². The molecule has 5 heteroatoms. The van der Waals surface area contributed by atoms with Gasteiger partial charge in [0.1, 0.15) is 0 Å². The average Bonchev–Trinajstić information content (AvgIpc) is 2.40. The Morgan fingerprint density at radius 3 is 2.95 bits per heavy atom. The highest BCUT2D eigenvalue weighted by Crippen LogP contribution is 2.32. The van der Waals surface area contributed by atoms with E-state index in [1.807, 2.05) is 0 Å². The number of nitrogens with one attached hydrogen (secondary N) is 1. The van der Waals surface area contributed by atoms with Crippen molar-refractivity contribution in [3.63, 3.8) is 0 Å². The molecule has 1 N–H and O–H groups in total. The number of nitrogens with zero attached hydrogens (tertiary/aromatic N) is 1. The van der Waals surface area contributed by atoms with Gasteiger partial charge in [0.25, 0.3) is 0 Å². The third-order valence-corrected chi connectivity index (χ3v) is 4.41. The number of carbonyl (C=O) groups is 1. The van der Waals surface area contributed by atoms with Crippen LogP contribution in [0.2, 0.25) is 0 Å². The minimum absolute atomic E-state index is 0. The molecule has 2 rings (SSSR count). The summed E-state index contributed by atoms with van der Waals surface area (Å²) in [5, 5.41) is 3.35. The van der Waals surface area contributed by atoms with E-state index in [-0.39, 0.29) is 24.4 Å². The van der Waals surface area contributed by atoms with Gasteiger partial charge in [-0.25, -0.2) is 0 Å². The molecule has 0 spiro atoms. The van der Waals surface area contributed by atoms with Crippen LogP contribution in [0.1, 0.15) is 39.5 Å². The Morgan fingerprint density at radius 1 is 1.53 bits per heavy atom. The van der Waals surface area contributed by atoms with E-state index in [4.69, 9.17) is 4.74 Å². The van der Waals surface area contributed by atoms with Crippen molar-refractivity contribution in [3.05, 3.63) is 0 Å². The molecular formula is C14H27ClN2O2. The fourth-order valence-electron chi connectivity index (χ4n) is 2.91. The van der Waals surface area contributed by atoms with Crippen LogP contribution >= 0.6 is 12.4 Å². The van der Waals surface area contributed by atoms with Crippen molar-refractivity contribution >= 4 is 18.3 Å². The Morgan fingerprint density at radius 2 is 2.32 bits per heavy atom. The fourth-order valence-corrected chi connectivity index (χ4v) is 2.91. The number of rotatable bonds is 3. The predicted molar refractivity (Wildman–Crippen MR) is 78.7 cm³/mol. The molecule has 2 unspecified atom stereocenters. The number of hydrogen-bond acceptors (Lipinski definition) is 3. The Labute approximate surface area is 122 Å². The van der Waals surface area contributed by atoms with Crippen LogP contribution in [0.3, 0.4) is 0 Å². The van der Waals surface area contributed by atoms with Crippen molar-refractivity contribution in [2.45, 2.75) is 45.6 Å². The first-order valence-corrected chi connectivity index (χ1v) is 7.22. The van der Waals surface area contributed by atoms with E-state index in [0.29, 0.717) is 18.4 Å². The zero-order valence-electron chi connectivity index (χ0n) is 12.1. The summed E-state index contributed by atoms with van der Waals surface area (Å²) in [6.07, 6.45) is 4.13. The maximum absolute atomic E-state index is 12.3. The molecule has 0 bridgehead atoms. The van der Waals surface area contributed by atoms with Gasteiger partial charge < -0.3 is 15.0 Å². The molecule has 1 amide bonds. The topological polar surface area (TPSA) is 41.6 Å². The molecular weight excluding hydrogens is 264 g/mol. The highest BCUT2D eigenvalue weighted by molar-refractivity contribution is 5.85. The Kier molecular flexibility index (Phi) is 6.57. The van der Waals surface area contributed by atoms with E-state index < -0.39 is 0 Å². The van der Waals surface area contributed by atoms with Gasteiger partial charge in [0, 0.05) is 32.1 Å². The number of likely N-dealkylation sites (tertiary alicyclic amines) is 1. The number of piperidine rings is 1. The molecule has 0 aliphatic carbocycles. The number of ether oxygens (including phenoxy) is 1. The first kappa shape index (κ1) is 16.7. The second-order valence-corrected chi connectivity index (χ2v) is 6.01. The highest BCUT2D eigenvalue weighted by atomic mass is 35.5. The van der Waals surface area contributed by atoms with Crippen molar-refractivity contribution in [2.24, 2.45) is 5.41 Å². The van der Waals surface area contributed by atoms with Gasteiger partial charge in [-0.2, -0.15) is 0 Å². The molecule has 0 aromatic carbocycles. The van der Waals surface area contributed by atoms with Crippen molar-refractivity contribution in [1.29, 1.82) is 0 Å². The van der Waals surface area contributed by atoms with E-state index in [9.17, 15) is 4.79 Å². The summed E-state index contributed by atoms with van der Waals surface area (Å²) in [7, 11) is 0. The second-order valence-electron chi connectivity index (χ2n) is 6.01. The van der Waals surface area contributed by atoms with Gasteiger partial charge in [-0.05, 0) is 24.7 Å². The van der Waals surface area contributed by atoms with Crippen LogP contribution in [0.4, 0.5) is 0 Å². The quantitative estimate of drug-likeness (QED) is 0.862. The molecule has 2 aliphatic heterocycles. The summed E-state index contributed by atoms with van der Waals surface area (Å²) in [4.78, 5) is 14.4.